The summed E-state index contributed by atoms with van der Waals surface area (Å²) in [5, 5.41) is 4.88. The van der Waals surface area contributed by atoms with Gasteiger partial charge in [0.2, 0.25) is 5.75 Å². The number of hydrogen-bond acceptors (Lipinski definition) is 5. The standard InChI is InChI=1S/C26H27N3O4/c1-31-22-15-17(16-23(32-2)25(22)33-3)18-7-4-9-20-19(18)8-5-10-21(20)26(30)29-12-6-11-24-27-13-14-28-24/h4-5,7-10,13-16H,6,11-12H2,1-3H3,(H,27,28)(H,29,30). The smallest absolute Gasteiger partial charge is 0.251 e. The van der Waals surface area contributed by atoms with Gasteiger partial charge in [0.15, 0.2) is 11.5 Å². The third-order valence-corrected chi connectivity index (χ3v) is 5.57. The molecule has 1 amide bonds. The predicted molar refractivity (Wildman–Crippen MR) is 128 cm³/mol. The van der Waals surface area contributed by atoms with Crippen molar-refractivity contribution in [1.29, 1.82) is 0 Å². The molecule has 0 fully saturated rings. The van der Waals surface area contributed by atoms with Crippen LogP contribution < -0.4 is 19.5 Å². The molecule has 1 aromatic heterocycles. The van der Waals surface area contributed by atoms with Crippen LogP contribution in [0, 0.1) is 0 Å². The van der Waals surface area contributed by atoms with E-state index < -0.39 is 0 Å². The maximum Gasteiger partial charge on any atom is 0.251 e. The number of carbonyl (C=O) groups excluding carboxylic acids is 1. The number of rotatable bonds is 9. The molecule has 7 nitrogen and oxygen atoms in total. The predicted octanol–water partition coefficient (Wildman–Crippen LogP) is 4.62. The maximum atomic E-state index is 13.0. The molecule has 0 spiro atoms. The Kier molecular flexibility index (Phi) is 6.78. The van der Waals surface area contributed by atoms with Crippen molar-refractivity contribution >= 4 is 16.7 Å². The first-order valence-electron chi connectivity index (χ1n) is 10.7. The van der Waals surface area contributed by atoms with Gasteiger partial charge in [-0.3, -0.25) is 4.79 Å². The van der Waals surface area contributed by atoms with Crippen LogP contribution in [0.1, 0.15) is 22.6 Å². The Morgan fingerprint density at radius 2 is 1.70 bits per heavy atom. The van der Waals surface area contributed by atoms with Crippen molar-refractivity contribution in [2.45, 2.75) is 12.8 Å². The summed E-state index contributed by atoms with van der Waals surface area (Å²) < 4.78 is 16.5. The van der Waals surface area contributed by atoms with Crippen LogP contribution in [-0.2, 0) is 6.42 Å². The van der Waals surface area contributed by atoms with Crippen LogP contribution >= 0.6 is 0 Å². The van der Waals surface area contributed by atoms with Crippen molar-refractivity contribution in [3.8, 4) is 28.4 Å². The lowest BCUT2D eigenvalue weighted by molar-refractivity contribution is 0.0955. The summed E-state index contributed by atoms with van der Waals surface area (Å²) >= 11 is 0. The summed E-state index contributed by atoms with van der Waals surface area (Å²) in [4.78, 5) is 20.2. The second kappa shape index (κ2) is 10.1. The molecule has 0 radical (unpaired) electrons. The third kappa shape index (κ3) is 4.62. The minimum atomic E-state index is -0.0953. The van der Waals surface area contributed by atoms with Crippen molar-refractivity contribution in [3.05, 3.63) is 72.3 Å². The van der Waals surface area contributed by atoms with Crippen LogP contribution in [-0.4, -0.2) is 43.7 Å². The molecule has 3 aromatic carbocycles. The zero-order chi connectivity index (χ0) is 23.2. The van der Waals surface area contributed by atoms with E-state index in [1.54, 1.807) is 33.7 Å². The Balaban J connectivity index is 1.63. The Morgan fingerprint density at radius 3 is 2.36 bits per heavy atom. The van der Waals surface area contributed by atoms with Crippen LogP contribution in [0.4, 0.5) is 0 Å². The molecule has 2 N–H and O–H groups in total. The van der Waals surface area contributed by atoms with Crippen LogP contribution in [0.3, 0.4) is 0 Å². The van der Waals surface area contributed by atoms with Gasteiger partial charge in [-0.05, 0) is 46.5 Å². The molecule has 0 aliphatic heterocycles. The van der Waals surface area contributed by atoms with Crippen molar-refractivity contribution in [2.24, 2.45) is 0 Å². The zero-order valence-corrected chi connectivity index (χ0v) is 19.0. The van der Waals surface area contributed by atoms with Gasteiger partial charge in [-0.1, -0.05) is 30.3 Å². The molecular formula is C26H27N3O4. The first kappa shape index (κ1) is 22.2. The lowest BCUT2D eigenvalue weighted by Crippen LogP contribution is -2.25. The normalized spacial score (nSPS) is 10.8. The lowest BCUT2D eigenvalue weighted by Gasteiger charge is -2.16. The second-order valence-corrected chi connectivity index (χ2v) is 7.52. The fourth-order valence-electron chi connectivity index (χ4n) is 3.98. The lowest BCUT2D eigenvalue weighted by atomic mass is 9.95. The minimum absolute atomic E-state index is 0.0953. The largest absolute Gasteiger partial charge is 0.493 e. The monoisotopic (exact) mass is 445 g/mol. The number of aryl methyl sites for hydroxylation is 1. The number of fused-ring (bicyclic) bond motifs is 1. The number of methoxy groups -OCH3 is 3. The number of carbonyl (C=O) groups is 1. The van der Waals surface area contributed by atoms with E-state index >= 15 is 0 Å². The highest BCUT2D eigenvalue weighted by atomic mass is 16.5. The average molecular weight is 446 g/mol. The van der Waals surface area contributed by atoms with Gasteiger partial charge in [0.25, 0.3) is 5.91 Å². The highest BCUT2D eigenvalue weighted by Gasteiger charge is 2.17. The summed E-state index contributed by atoms with van der Waals surface area (Å²) in [5.74, 6) is 2.52. The Bertz CT molecular complexity index is 1230. The van der Waals surface area contributed by atoms with E-state index in [-0.39, 0.29) is 5.91 Å². The summed E-state index contributed by atoms with van der Waals surface area (Å²) in [5.41, 5.74) is 2.52. The van der Waals surface area contributed by atoms with Crippen molar-refractivity contribution in [3.63, 3.8) is 0 Å². The van der Waals surface area contributed by atoms with E-state index in [1.807, 2.05) is 48.5 Å². The Morgan fingerprint density at radius 1 is 0.970 bits per heavy atom. The minimum Gasteiger partial charge on any atom is -0.493 e. The van der Waals surface area contributed by atoms with Crippen LogP contribution in [0.25, 0.3) is 21.9 Å². The fraction of sp³-hybridized carbons (Fsp3) is 0.231. The van der Waals surface area contributed by atoms with E-state index in [2.05, 4.69) is 15.3 Å². The quantitative estimate of drug-likeness (QED) is 0.367. The fourth-order valence-corrected chi connectivity index (χ4v) is 3.98. The van der Waals surface area contributed by atoms with Gasteiger partial charge in [-0.15, -0.1) is 0 Å². The second-order valence-electron chi connectivity index (χ2n) is 7.52. The number of H-pyrrole nitrogens is 1. The Labute approximate surface area is 192 Å². The summed E-state index contributed by atoms with van der Waals surface area (Å²) in [6, 6.07) is 15.5. The van der Waals surface area contributed by atoms with E-state index in [9.17, 15) is 4.79 Å². The number of aromatic nitrogens is 2. The number of nitrogens with one attached hydrogen (secondary N) is 2. The van der Waals surface area contributed by atoms with E-state index in [0.717, 1.165) is 40.6 Å². The third-order valence-electron chi connectivity index (χ3n) is 5.57. The molecule has 170 valence electrons. The van der Waals surface area contributed by atoms with Gasteiger partial charge < -0.3 is 24.5 Å². The van der Waals surface area contributed by atoms with Crippen LogP contribution in [0.15, 0.2) is 60.9 Å². The molecule has 7 heteroatoms. The SMILES string of the molecule is COc1cc(-c2cccc3c(C(=O)NCCCc4ncc[nH]4)cccc23)cc(OC)c1OC. The van der Waals surface area contributed by atoms with Gasteiger partial charge in [0.1, 0.15) is 5.82 Å². The highest BCUT2D eigenvalue weighted by molar-refractivity contribution is 6.10. The molecular weight excluding hydrogens is 418 g/mol. The first-order valence-corrected chi connectivity index (χ1v) is 10.7. The van der Waals surface area contributed by atoms with Crippen LogP contribution in [0.5, 0.6) is 17.2 Å². The Hall–Kier alpha value is -4.00. The number of ether oxygens (including phenoxy) is 3. The van der Waals surface area contributed by atoms with Gasteiger partial charge in [-0.2, -0.15) is 0 Å². The summed E-state index contributed by atoms with van der Waals surface area (Å²) in [6.07, 6.45) is 5.13. The number of nitrogens with zero attached hydrogens (tertiary/aromatic N) is 1. The van der Waals surface area contributed by atoms with Crippen molar-refractivity contribution in [2.75, 3.05) is 27.9 Å². The topological polar surface area (TPSA) is 85.5 Å². The van der Waals surface area contributed by atoms with Gasteiger partial charge >= 0.3 is 0 Å². The number of amides is 1. The van der Waals surface area contributed by atoms with Crippen molar-refractivity contribution < 1.29 is 19.0 Å². The number of benzene rings is 3. The zero-order valence-electron chi connectivity index (χ0n) is 19.0. The molecule has 0 unspecified atom stereocenters. The number of hydrogen-bond donors (Lipinski definition) is 2. The van der Waals surface area contributed by atoms with E-state index in [1.165, 1.54) is 0 Å². The molecule has 0 atom stereocenters. The number of imidazole rings is 1. The highest BCUT2D eigenvalue weighted by Crippen LogP contribution is 2.42. The molecule has 0 saturated carbocycles. The van der Waals surface area contributed by atoms with Gasteiger partial charge in [0.05, 0.1) is 21.3 Å². The maximum absolute atomic E-state index is 13.0. The van der Waals surface area contributed by atoms with Crippen molar-refractivity contribution in [1.82, 2.24) is 15.3 Å². The molecule has 4 rings (SSSR count). The summed E-state index contributed by atoms with van der Waals surface area (Å²) in [7, 11) is 4.77. The molecule has 0 bridgehead atoms. The molecule has 0 saturated heterocycles. The molecule has 1 heterocycles. The number of aromatic amines is 1. The van der Waals surface area contributed by atoms with Crippen LogP contribution in [0.2, 0.25) is 0 Å². The first-order chi connectivity index (χ1) is 16.2. The molecule has 0 aliphatic carbocycles. The van der Waals surface area contributed by atoms with Gasteiger partial charge in [-0.25, -0.2) is 4.98 Å². The van der Waals surface area contributed by atoms with Gasteiger partial charge in [0, 0.05) is 30.9 Å². The van der Waals surface area contributed by atoms with E-state index in [0.29, 0.717) is 29.4 Å². The molecule has 0 aliphatic rings. The average Bonchev–Trinajstić information content (AvgIpc) is 3.38. The molecule has 4 aromatic rings. The summed E-state index contributed by atoms with van der Waals surface area (Å²) in [6.45, 7) is 0.572. The molecule has 33 heavy (non-hydrogen) atoms. The van der Waals surface area contributed by atoms with E-state index in [4.69, 9.17) is 14.2 Å².